The Morgan fingerprint density at radius 2 is 1.50 bits per heavy atom. The van der Waals surface area contributed by atoms with Crippen LogP contribution in [0.1, 0.15) is 30.2 Å². The van der Waals surface area contributed by atoms with Crippen LogP contribution in [0, 0.1) is 6.92 Å². The summed E-state index contributed by atoms with van der Waals surface area (Å²) in [5.41, 5.74) is 13.8. The molecule has 0 amide bonds. The monoisotopic (exact) mass is 514 g/mol. The summed E-state index contributed by atoms with van der Waals surface area (Å²) in [6.07, 6.45) is 8.16. The molecular weight excluding hydrogens is 487 g/mol. The number of hydrogen-bond donors (Lipinski definition) is 0. The van der Waals surface area contributed by atoms with Crippen molar-refractivity contribution in [3.05, 3.63) is 120 Å². The average molecular weight is 514 g/mol. The second kappa shape index (κ2) is 8.89. The zero-order valence-electron chi connectivity index (χ0n) is 22.6. The van der Waals surface area contributed by atoms with Crippen LogP contribution >= 0.6 is 0 Å². The number of benzene rings is 3. The van der Waals surface area contributed by atoms with Crippen LogP contribution in [0.5, 0.6) is 0 Å². The van der Waals surface area contributed by atoms with Gasteiger partial charge in [-0.25, -0.2) is 15.0 Å². The van der Waals surface area contributed by atoms with Gasteiger partial charge in [0.1, 0.15) is 11.5 Å². The summed E-state index contributed by atoms with van der Waals surface area (Å²) < 4.78 is 2.24. The summed E-state index contributed by atoms with van der Waals surface area (Å²) in [4.78, 5) is 14.6. The van der Waals surface area contributed by atoms with Crippen molar-refractivity contribution >= 4 is 40.2 Å². The van der Waals surface area contributed by atoms with Crippen molar-refractivity contribution < 1.29 is 0 Å². The number of rotatable bonds is 3. The SMILES string of the molecule is CC1=Cc2c(n(-c3ccnc(-c4ccc(B5c6ccccc6-c6ccccc65)cc4)n3)c3ncc(C)cc23)CC1. The molecule has 0 radical (unpaired) electrons. The highest BCUT2D eigenvalue weighted by Crippen LogP contribution is 2.35. The molecule has 0 bridgehead atoms. The minimum Gasteiger partial charge on any atom is -0.282 e. The Balaban J connectivity index is 1.20. The van der Waals surface area contributed by atoms with Crippen molar-refractivity contribution in [2.24, 2.45) is 0 Å². The van der Waals surface area contributed by atoms with Crippen molar-refractivity contribution in [2.75, 3.05) is 0 Å². The van der Waals surface area contributed by atoms with Crippen LogP contribution in [-0.4, -0.2) is 26.2 Å². The first-order chi connectivity index (χ1) is 19.7. The fourth-order valence-corrected chi connectivity index (χ4v) is 6.58. The zero-order chi connectivity index (χ0) is 26.8. The van der Waals surface area contributed by atoms with Crippen LogP contribution in [-0.2, 0) is 6.42 Å². The Morgan fingerprint density at radius 3 is 2.25 bits per heavy atom. The lowest BCUT2D eigenvalue weighted by Crippen LogP contribution is -2.48. The first-order valence-electron chi connectivity index (χ1n) is 13.9. The summed E-state index contributed by atoms with van der Waals surface area (Å²) in [5, 5.41) is 1.19. The van der Waals surface area contributed by atoms with Crippen LogP contribution in [0.3, 0.4) is 0 Å². The molecule has 6 aromatic rings. The van der Waals surface area contributed by atoms with Gasteiger partial charge in [-0.1, -0.05) is 101 Å². The van der Waals surface area contributed by atoms with Gasteiger partial charge in [-0.2, -0.15) is 0 Å². The molecule has 0 unspecified atom stereocenters. The standard InChI is InChI=1S/C35H27BN4/c1-22-11-16-32-28(19-22)29-20-23(2)21-38-35(29)40(32)33-17-18-37-34(39-33)24-12-14-25(15-13-24)36-30-9-5-3-7-26(30)27-8-4-6-10-31(27)36/h3-10,12-15,17-21H,11,16H2,1-2H3. The molecule has 4 nitrogen and oxygen atoms in total. The third-order valence-electron chi connectivity index (χ3n) is 8.44. The Morgan fingerprint density at radius 1 is 0.775 bits per heavy atom. The molecule has 40 heavy (non-hydrogen) atoms. The van der Waals surface area contributed by atoms with E-state index in [9.17, 15) is 0 Å². The minimum atomic E-state index is 0.234. The van der Waals surface area contributed by atoms with Crippen LogP contribution in [0.2, 0.25) is 0 Å². The van der Waals surface area contributed by atoms with E-state index in [1.807, 2.05) is 18.5 Å². The molecule has 4 heterocycles. The van der Waals surface area contributed by atoms with Crippen LogP contribution < -0.4 is 16.4 Å². The van der Waals surface area contributed by atoms with E-state index in [0.717, 1.165) is 35.7 Å². The van der Waals surface area contributed by atoms with E-state index in [1.54, 1.807) is 0 Å². The van der Waals surface area contributed by atoms with Gasteiger partial charge in [-0.3, -0.25) is 4.57 Å². The highest BCUT2D eigenvalue weighted by molar-refractivity contribution is 6.99. The second-order valence-electron chi connectivity index (χ2n) is 11.0. The maximum atomic E-state index is 5.08. The fraction of sp³-hybridized carbons (Fsp3) is 0.114. The molecular formula is C35H27BN4. The Bertz CT molecular complexity index is 1940. The van der Waals surface area contributed by atoms with Crippen molar-refractivity contribution in [3.8, 4) is 28.3 Å². The maximum Gasteiger partial charge on any atom is 0.242 e. The molecule has 3 aromatic heterocycles. The molecule has 8 rings (SSSR count). The van der Waals surface area contributed by atoms with Gasteiger partial charge in [0.15, 0.2) is 5.82 Å². The van der Waals surface area contributed by atoms with E-state index < -0.39 is 0 Å². The molecule has 0 N–H and O–H groups in total. The van der Waals surface area contributed by atoms with E-state index in [0.29, 0.717) is 0 Å². The van der Waals surface area contributed by atoms with Gasteiger partial charge in [0.2, 0.25) is 6.71 Å². The van der Waals surface area contributed by atoms with Crippen LogP contribution in [0.4, 0.5) is 0 Å². The molecule has 0 spiro atoms. The van der Waals surface area contributed by atoms with E-state index in [4.69, 9.17) is 9.97 Å². The third-order valence-corrected chi connectivity index (χ3v) is 8.44. The topological polar surface area (TPSA) is 43.6 Å². The summed E-state index contributed by atoms with van der Waals surface area (Å²) in [6, 6.07) is 30.6. The smallest absolute Gasteiger partial charge is 0.242 e. The Labute approximate surface area is 234 Å². The minimum absolute atomic E-state index is 0.234. The number of aromatic nitrogens is 4. The van der Waals surface area contributed by atoms with Gasteiger partial charge < -0.3 is 0 Å². The lowest BCUT2D eigenvalue weighted by molar-refractivity contribution is 0.837. The summed E-state index contributed by atoms with van der Waals surface area (Å²) >= 11 is 0. The van der Waals surface area contributed by atoms with E-state index >= 15 is 0 Å². The highest BCUT2D eigenvalue weighted by Gasteiger charge is 2.32. The number of fused-ring (bicyclic) bond motifs is 6. The highest BCUT2D eigenvalue weighted by atomic mass is 15.1. The molecule has 5 heteroatoms. The van der Waals surface area contributed by atoms with Crippen LogP contribution in [0.25, 0.3) is 45.4 Å². The third kappa shape index (κ3) is 3.51. The molecule has 190 valence electrons. The fourth-order valence-electron chi connectivity index (χ4n) is 6.58. The molecule has 0 saturated carbocycles. The number of hydrogen-bond acceptors (Lipinski definition) is 3. The number of nitrogens with zero attached hydrogens (tertiary/aromatic N) is 4. The lowest BCUT2D eigenvalue weighted by atomic mass is 9.39. The first-order valence-corrected chi connectivity index (χ1v) is 13.9. The quantitative estimate of drug-likeness (QED) is 0.287. The van der Waals surface area contributed by atoms with Gasteiger partial charge in [-0.15, -0.1) is 0 Å². The van der Waals surface area contributed by atoms with Gasteiger partial charge in [0.25, 0.3) is 0 Å². The largest absolute Gasteiger partial charge is 0.282 e. The van der Waals surface area contributed by atoms with Gasteiger partial charge in [-0.05, 0) is 55.5 Å². The molecule has 2 aliphatic rings. The van der Waals surface area contributed by atoms with Gasteiger partial charge >= 0.3 is 0 Å². The molecule has 0 saturated heterocycles. The Kier molecular flexibility index (Phi) is 5.14. The number of pyridine rings is 1. The van der Waals surface area contributed by atoms with Crippen molar-refractivity contribution in [3.63, 3.8) is 0 Å². The number of allylic oxidation sites excluding steroid dienone is 1. The molecule has 3 aromatic carbocycles. The maximum absolute atomic E-state index is 5.08. The van der Waals surface area contributed by atoms with Crippen molar-refractivity contribution in [2.45, 2.75) is 26.7 Å². The molecule has 0 atom stereocenters. The number of aryl methyl sites for hydroxylation is 1. The van der Waals surface area contributed by atoms with E-state index in [1.165, 1.54) is 55.3 Å². The lowest BCUT2D eigenvalue weighted by Gasteiger charge is -2.15. The van der Waals surface area contributed by atoms with Gasteiger partial charge in [0, 0.05) is 34.6 Å². The van der Waals surface area contributed by atoms with Crippen molar-refractivity contribution in [1.82, 2.24) is 19.5 Å². The van der Waals surface area contributed by atoms with E-state index in [2.05, 4.69) is 108 Å². The summed E-state index contributed by atoms with van der Waals surface area (Å²) in [6.45, 7) is 4.55. The molecule has 1 aliphatic heterocycles. The predicted octanol–water partition coefficient (Wildman–Crippen LogP) is 5.64. The second-order valence-corrected chi connectivity index (χ2v) is 11.0. The molecule has 1 aliphatic carbocycles. The summed E-state index contributed by atoms with van der Waals surface area (Å²) in [7, 11) is 0. The normalized spacial score (nSPS) is 13.7. The first kappa shape index (κ1) is 23.2. The van der Waals surface area contributed by atoms with Crippen molar-refractivity contribution in [1.29, 1.82) is 0 Å². The van der Waals surface area contributed by atoms with Gasteiger partial charge in [0.05, 0.1) is 0 Å². The average Bonchev–Trinajstić information content (AvgIpc) is 3.50. The van der Waals surface area contributed by atoms with E-state index in [-0.39, 0.29) is 6.71 Å². The predicted molar refractivity (Wildman–Crippen MR) is 165 cm³/mol. The molecule has 0 fully saturated rings. The Hall–Kier alpha value is -4.77. The summed E-state index contributed by atoms with van der Waals surface area (Å²) in [5.74, 6) is 1.59. The zero-order valence-corrected chi connectivity index (χ0v) is 22.6. The van der Waals surface area contributed by atoms with Crippen LogP contribution in [0.15, 0.2) is 103 Å².